The van der Waals surface area contributed by atoms with Crippen LogP contribution < -0.4 is 5.32 Å². The van der Waals surface area contributed by atoms with E-state index in [4.69, 9.17) is 0 Å². The van der Waals surface area contributed by atoms with Crippen LogP contribution in [0.25, 0.3) is 0 Å². The van der Waals surface area contributed by atoms with Gasteiger partial charge in [0.15, 0.2) is 0 Å². The zero-order chi connectivity index (χ0) is 13.6. The minimum atomic E-state index is -0.511. The van der Waals surface area contributed by atoms with E-state index in [0.717, 1.165) is 4.90 Å². The lowest BCUT2D eigenvalue weighted by Gasteiger charge is -2.31. The Labute approximate surface area is 113 Å². The lowest BCUT2D eigenvalue weighted by Crippen LogP contribution is -2.50. The second-order valence-electron chi connectivity index (χ2n) is 4.30. The van der Waals surface area contributed by atoms with Crippen molar-refractivity contribution in [1.82, 2.24) is 5.32 Å². The Kier molecular flexibility index (Phi) is 5.69. The number of rotatable bonds is 6. The number of aliphatic hydroxyl groups is 1. The lowest BCUT2D eigenvalue weighted by atomic mass is 9.93. The highest BCUT2D eigenvalue weighted by Crippen LogP contribution is 2.21. The number of amides is 1. The third-order valence-corrected chi connectivity index (χ3v) is 4.18. The molecule has 0 heterocycles. The van der Waals surface area contributed by atoms with Crippen LogP contribution in [0.1, 0.15) is 37.0 Å². The van der Waals surface area contributed by atoms with Crippen LogP contribution in [0.5, 0.6) is 0 Å². The number of aliphatic hydroxyl groups excluding tert-OH is 1. The summed E-state index contributed by atoms with van der Waals surface area (Å²) in [6.07, 6.45) is 3.38. The Morgan fingerprint density at radius 3 is 2.44 bits per heavy atom. The Morgan fingerprint density at radius 2 is 1.94 bits per heavy atom. The average molecular weight is 267 g/mol. The molecule has 1 aromatic carbocycles. The molecule has 0 aromatic heterocycles. The van der Waals surface area contributed by atoms with E-state index >= 15 is 0 Å². The molecule has 18 heavy (non-hydrogen) atoms. The van der Waals surface area contributed by atoms with Gasteiger partial charge in [-0.15, -0.1) is 11.8 Å². The first kappa shape index (κ1) is 15.1. The molecular weight excluding hydrogens is 246 g/mol. The molecule has 0 aliphatic carbocycles. The van der Waals surface area contributed by atoms with Gasteiger partial charge in [-0.3, -0.25) is 4.79 Å². The van der Waals surface area contributed by atoms with Gasteiger partial charge in [0.05, 0.1) is 17.7 Å². The van der Waals surface area contributed by atoms with E-state index in [2.05, 4.69) is 5.32 Å². The topological polar surface area (TPSA) is 49.3 Å². The molecule has 0 saturated carbocycles. The predicted molar refractivity (Wildman–Crippen MR) is 76.1 cm³/mol. The Hall–Kier alpha value is -1.00. The number of thioether (sulfide) groups is 1. The number of hydrogen-bond donors (Lipinski definition) is 2. The second-order valence-corrected chi connectivity index (χ2v) is 5.15. The van der Waals surface area contributed by atoms with Crippen LogP contribution in [0.4, 0.5) is 0 Å². The van der Waals surface area contributed by atoms with Crippen molar-refractivity contribution in [2.45, 2.75) is 37.1 Å². The summed E-state index contributed by atoms with van der Waals surface area (Å²) >= 11 is 1.55. The molecule has 0 unspecified atom stereocenters. The molecule has 0 aliphatic rings. The van der Waals surface area contributed by atoms with Crippen molar-refractivity contribution < 1.29 is 9.90 Å². The van der Waals surface area contributed by atoms with Gasteiger partial charge in [-0.2, -0.15) is 0 Å². The van der Waals surface area contributed by atoms with Gasteiger partial charge < -0.3 is 10.4 Å². The summed E-state index contributed by atoms with van der Waals surface area (Å²) in [5, 5.41) is 12.4. The maximum absolute atomic E-state index is 12.3. The van der Waals surface area contributed by atoms with Crippen molar-refractivity contribution in [2.24, 2.45) is 0 Å². The minimum Gasteiger partial charge on any atom is -0.394 e. The quantitative estimate of drug-likeness (QED) is 0.779. The Morgan fingerprint density at radius 1 is 1.33 bits per heavy atom. The van der Waals surface area contributed by atoms with Crippen molar-refractivity contribution >= 4 is 17.7 Å². The summed E-state index contributed by atoms with van der Waals surface area (Å²) < 4.78 is 0. The van der Waals surface area contributed by atoms with Crippen molar-refractivity contribution in [2.75, 3.05) is 12.9 Å². The van der Waals surface area contributed by atoms with E-state index in [-0.39, 0.29) is 12.5 Å². The summed E-state index contributed by atoms with van der Waals surface area (Å²) in [6.45, 7) is 3.91. The summed E-state index contributed by atoms with van der Waals surface area (Å²) in [7, 11) is 0. The fourth-order valence-electron chi connectivity index (χ4n) is 1.83. The van der Waals surface area contributed by atoms with E-state index < -0.39 is 5.54 Å². The van der Waals surface area contributed by atoms with E-state index in [1.807, 2.05) is 44.4 Å². The van der Waals surface area contributed by atoms with Crippen LogP contribution in [-0.4, -0.2) is 29.4 Å². The molecule has 0 spiro atoms. The van der Waals surface area contributed by atoms with Gasteiger partial charge >= 0.3 is 0 Å². The summed E-state index contributed by atoms with van der Waals surface area (Å²) in [6, 6.07) is 7.52. The standard InChI is InChI=1S/C14H21NO2S/c1-4-14(5-2,10-16)15-13(17)11-8-6-7-9-12(11)18-3/h6-9,16H,4-5,10H2,1-3H3,(H,15,17). The highest BCUT2D eigenvalue weighted by molar-refractivity contribution is 7.98. The van der Waals surface area contributed by atoms with Gasteiger partial charge in [-0.1, -0.05) is 26.0 Å². The summed E-state index contributed by atoms with van der Waals surface area (Å²) in [4.78, 5) is 13.2. The van der Waals surface area contributed by atoms with Crippen molar-refractivity contribution in [1.29, 1.82) is 0 Å². The van der Waals surface area contributed by atoms with Gasteiger partial charge in [-0.05, 0) is 31.2 Å². The Bertz CT molecular complexity index is 394. The SMILES string of the molecule is CCC(CC)(CO)NC(=O)c1ccccc1SC. The van der Waals surface area contributed by atoms with Gasteiger partial charge in [0.25, 0.3) is 5.91 Å². The van der Waals surface area contributed by atoms with E-state index in [9.17, 15) is 9.90 Å². The number of carbonyl (C=O) groups is 1. The number of carbonyl (C=O) groups excluding carboxylic acids is 1. The van der Waals surface area contributed by atoms with Gasteiger partial charge in [0.1, 0.15) is 0 Å². The highest BCUT2D eigenvalue weighted by Gasteiger charge is 2.28. The van der Waals surface area contributed by atoms with Crippen molar-refractivity contribution in [3.63, 3.8) is 0 Å². The zero-order valence-electron chi connectivity index (χ0n) is 11.2. The Balaban J connectivity index is 2.94. The average Bonchev–Trinajstić information content (AvgIpc) is 2.44. The fraction of sp³-hybridized carbons (Fsp3) is 0.500. The van der Waals surface area contributed by atoms with Crippen LogP contribution >= 0.6 is 11.8 Å². The first-order valence-corrected chi connectivity index (χ1v) is 7.41. The van der Waals surface area contributed by atoms with Crippen molar-refractivity contribution in [3.8, 4) is 0 Å². The molecule has 1 rings (SSSR count). The summed E-state index contributed by atoms with van der Waals surface area (Å²) in [5.74, 6) is -0.113. The smallest absolute Gasteiger partial charge is 0.252 e. The van der Waals surface area contributed by atoms with E-state index in [1.54, 1.807) is 11.8 Å². The number of benzene rings is 1. The first-order chi connectivity index (χ1) is 8.62. The molecule has 0 bridgehead atoms. The number of hydrogen-bond acceptors (Lipinski definition) is 3. The molecule has 0 atom stereocenters. The third kappa shape index (κ3) is 3.27. The minimum absolute atomic E-state index is 0.0345. The van der Waals surface area contributed by atoms with Gasteiger partial charge in [0.2, 0.25) is 0 Å². The fourth-order valence-corrected chi connectivity index (χ4v) is 2.43. The van der Waals surface area contributed by atoms with Gasteiger partial charge in [-0.25, -0.2) is 0 Å². The molecule has 1 aromatic rings. The zero-order valence-corrected chi connectivity index (χ0v) is 12.0. The van der Waals surface area contributed by atoms with Crippen LogP contribution in [0, 0.1) is 0 Å². The van der Waals surface area contributed by atoms with Crippen LogP contribution in [-0.2, 0) is 0 Å². The normalized spacial score (nSPS) is 11.3. The first-order valence-electron chi connectivity index (χ1n) is 6.18. The molecule has 3 nitrogen and oxygen atoms in total. The molecule has 4 heteroatoms. The van der Waals surface area contributed by atoms with Gasteiger partial charge in [0, 0.05) is 4.90 Å². The van der Waals surface area contributed by atoms with E-state index in [1.165, 1.54) is 0 Å². The number of nitrogens with one attached hydrogen (secondary N) is 1. The highest BCUT2D eigenvalue weighted by atomic mass is 32.2. The molecule has 2 N–H and O–H groups in total. The van der Waals surface area contributed by atoms with Crippen molar-refractivity contribution in [3.05, 3.63) is 29.8 Å². The predicted octanol–water partition coefficient (Wildman–Crippen LogP) is 2.69. The molecule has 0 fully saturated rings. The van der Waals surface area contributed by atoms with Crippen LogP contribution in [0.15, 0.2) is 29.2 Å². The molecular formula is C14H21NO2S. The van der Waals surface area contributed by atoms with E-state index in [0.29, 0.717) is 18.4 Å². The second kappa shape index (κ2) is 6.81. The molecule has 100 valence electrons. The third-order valence-electron chi connectivity index (χ3n) is 3.39. The molecule has 1 amide bonds. The molecule has 0 radical (unpaired) electrons. The molecule has 0 saturated heterocycles. The summed E-state index contributed by atoms with van der Waals surface area (Å²) in [5.41, 5.74) is 0.160. The van der Waals surface area contributed by atoms with Crippen LogP contribution in [0.2, 0.25) is 0 Å². The molecule has 0 aliphatic heterocycles. The van der Waals surface area contributed by atoms with Crippen LogP contribution in [0.3, 0.4) is 0 Å². The maximum Gasteiger partial charge on any atom is 0.252 e. The monoisotopic (exact) mass is 267 g/mol. The maximum atomic E-state index is 12.3. The largest absolute Gasteiger partial charge is 0.394 e. The lowest BCUT2D eigenvalue weighted by molar-refractivity contribution is 0.0815.